The number of rotatable bonds is 21. The summed E-state index contributed by atoms with van der Waals surface area (Å²) >= 11 is 0. The highest BCUT2D eigenvalue weighted by atomic mass is 16.2. The molecule has 2 heteroatoms. The predicted octanol–water partition coefficient (Wildman–Crippen LogP) is 10.0. The van der Waals surface area contributed by atoms with Crippen LogP contribution in [0.3, 0.4) is 0 Å². The van der Waals surface area contributed by atoms with Crippen molar-refractivity contribution in [3.05, 3.63) is 60.2 Å². The number of fused-ring (bicyclic) bond motifs is 1. The largest absolute Gasteiger partial charge is 0.339 e. The van der Waals surface area contributed by atoms with Crippen molar-refractivity contribution in [1.82, 2.24) is 4.90 Å². The zero-order valence-corrected chi connectivity index (χ0v) is 23.5. The number of benzene rings is 2. The fourth-order valence-corrected chi connectivity index (χ4v) is 5.20. The molecule has 0 aromatic heterocycles. The lowest BCUT2D eigenvalue weighted by Crippen LogP contribution is -2.34. The molecule has 2 nitrogen and oxygen atoms in total. The quantitative estimate of drug-likeness (QED) is 0.126. The second-order valence-corrected chi connectivity index (χ2v) is 10.8. The molecule has 0 saturated heterocycles. The van der Waals surface area contributed by atoms with E-state index in [1.807, 2.05) is 11.8 Å². The average molecular weight is 492 g/mol. The zero-order valence-electron chi connectivity index (χ0n) is 23.5. The molecule has 0 saturated carbocycles. The van der Waals surface area contributed by atoms with Gasteiger partial charge >= 0.3 is 0 Å². The Morgan fingerprint density at radius 2 is 1.17 bits per heavy atom. The third-order valence-electron chi connectivity index (χ3n) is 7.46. The first-order valence-corrected chi connectivity index (χ1v) is 15.0. The van der Waals surface area contributed by atoms with Crippen LogP contribution in [-0.4, -0.2) is 23.9 Å². The van der Waals surface area contributed by atoms with Gasteiger partial charge in [0.05, 0.1) is 0 Å². The summed E-state index contributed by atoms with van der Waals surface area (Å²) in [6.45, 7) is 9.64. The highest BCUT2D eigenvalue weighted by Crippen LogP contribution is 2.20. The monoisotopic (exact) mass is 491 g/mol. The third-order valence-corrected chi connectivity index (χ3v) is 7.46. The van der Waals surface area contributed by atoms with E-state index in [1.54, 1.807) is 0 Å². The van der Waals surface area contributed by atoms with Crippen LogP contribution < -0.4 is 0 Å². The molecular weight excluding hydrogens is 438 g/mol. The molecule has 0 aliphatic heterocycles. The number of nitrogens with zero attached hydrogens (tertiary/aromatic N) is 1. The summed E-state index contributed by atoms with van der Waals surface area (Å²) in [6, 6.07) is 15.0. The van der Waals surface area contributed by atoms with Crippen LogP contribution in [0.4, 0.5) is 0 Å². The molecule has 0 unspecified atom stereocenters. The van der Waals surface area contributed by atoms with E-state index in [2.05, 4.69) is 56.0 Å². The van der Waals surface area contributed by atoms with Crippen molar-refractivity contribution >= 4 is 16.7 Å². The summed E-state index contributed by atoms with van der Waals surface area (Å²) in [5.41, 5.74) is 1.96. The minimum absolute atomic E-state index is 0.108. The molecule has 0 fully saturated rings. The highest BCUT2D eigenvalue weighted by Gasteiger charge is 2.14. The predicted molar refractivity (Wildman–Crippen MR) is 159 cm³/mol. The first-order chi connectivity index (χ1) is 17.6. The van der Waals surface area contributed by atoms with Gasteiger partial charge in [0.1, 0.15) is 0 Å². The Hall–Kier alpha value is -2.09. The molecule has 200 valence electrons. The third kappa shape index (κ3) is 12.2. The molecule has 2 rings (SSSR count). The van der Waals surface area contributed by atoms with Gasteiger partial charge in [0, 0.05) is 18.7 Å². The summed E-state index contributed by atoms with van der Waals surface area (Å²) in [4.78, 5) is 14.8. The van der Waals surface area contributed by atoms with Crippen LogP contribution in [0.15, 0.2) is 54.6 Å². The fraction of sp³-hybridized carbons (Fsp3) is 0.618. The number of amides is 1. The molecule has 0 spiro atoms. The smallest absolute Gasteiger partial charge is 0.248 e. The van der Waals surface area contributed by atoms with Crippen LogP contribution >= 0.6 is 0 Å². The standard InChI is InChI=1S/C34H53NO/c1-4-5-6-7-8-9-10-11-12-13-14-15-16-17-18-21-28-35(34(36)30(2)3)29-27-32-25-22-24-31-23-19-20-26-33(31)32/h19-20,22-26H,2,4-18,21,27-29H2,1,3H3. The molecule has 0 atom stereocenters. The van der Waals surface area contributed by atoms with Gasteiger partial charge < -0.3 is 4.90 Å². The Balaban J connectivity index is 1.55. The van der Waals surface area contributed by atoms with E-state index < -0.39 is 0 Å². The summed E-state index contributed by atoms with van der Waals surface area (Å²) in [5.74, 6) is 0.108. The van der Waals surface area contributed by atoms with Crippen LogP contribution in [0.2, 0.25) is 0 Å². The van der Waals surface area contributed by atoms with Crippen LogP contribution in [0.1, 0.15) is 122 Å². The first kappa shape index (κ1) is 30.1. The number of carbonyl (C=O) groups excluding carboxylic acids is 1. The number of carbonyl (C=O) groups is 1. The van der Waals surface area contributed by atoms with Gasteiger partial charge in [0.25, 0.3) is 0 Å². The van der Waals surface area contributed by atoms with Gasteiger partial charge in [0.2, 0.25) is 5.91 Å². The minimum atomic E-state index is 0.108. The molecule has 0 aliphatic rings. The van der Waals surface area contributed by atoms with Gasteiger partial charge in [-0.25, -0.2) is 0 Å². The Labute approximate surface area is 222 Å². The average Bonchev–Trinajstić information content (AvgIpc) is 2.89. The van der Waals surface area contributed by atoms with Crippen LogP contribution in [0, 0.1) is 0 Å². The molecule has 2 aromatic rings. The van der Waals surface area contributed by atoms with Gasteiger partial charge in [-0.05, 0) is 36.1 Å². The van der Waals surface area contributed by atoms with E-state index in [9.17, 15) is 4.79 Å². The van der Waals surface area contributed by atoms with Gasteiger partial charge in [-0.3, -0.25) is 4.79 Å². The van der Waals surface area contributed by atoms with Crippen molar-refractivity contribution in [3.8, 4) is 0 Å². The Kier molecular flexibility index (Phi) is 16.0. The molecule has 0 N–H and O–H groups in total. The summed E-state index contributed by atoms with van der Waals surface area (Å²) in [7, 11) is 0. The summed E-state index contributed by atoms with van der Waals surface area (Å²) < 4.78 is 0. The van der Waals surface area contributed by atoms with Crippen LogP contribution in [0.25, 0.3) is 10.8 Å². The van der Waals surface area contributed by atoms with Crippen molar-refractivity contribution < 1.29 is 4.79 Å². The van der Waals surface area contributed by atoms with Crippen molar-refractivity contribution in [2.24, 2.45) is 0 Å². The first-order valence-electron chi connectivity index (χ1n) is 15.0. The second-order valence-electron chi connectivity index (χ2n) is 10.8. The fourth-order valence-electron chi connectivity index (χ4n) is 5.20. The van der Waals surface area contributed by atoms with Crippen LogP contribution in [-0.2, 0) is 11.2 Å². The van der Waals surface area contributed by atoms with E-state index in [-0.39, 0.29) is 5.91 Å². The lowest BCUT2D eigenvalue weighted by molar-refractivity contribution is -0.127. The lowest BCUT2D eigenvalue weighted by atomic mass is 10.0. The number of hydrogen-bond donors (Lipinski definition) is 0. The van der Waals surface area contributed by atoms with Gasteiger partial charge in [-0.1, -0.05) is 152 Å². The maximum absolute atomic E-state index is 12.7. The molecule has 36 heavy (non-hydrogen) atoms. The number of unbranched alkanes of at least 4 members (excludes halogenated alkanes) is 15. The maximum Gasteiger partial charge on any atom is 0.248 e. The lowest BCUT2D eigenvalue weighted by Gasteiger charge is -2.23. The maximum atomic E-state index is 12.7. The van der Waals surface area contributed by atoms with Crippen LogP contribution in [0.5, 0.6) is 0 Å². The molecular formula is C34H53NO. The Morgan fingerprint density at radius 1 is 0.667 bits per heavy atom. The van der Waals surface area contributed by atoms with Gasteiger partial charge in [-0.2, -0.15) is 0 Å². The zero-order chi connectivity index (χ0) is 25.8. The van der Waals surface area contributed by atoms with Crippen molar-refractivity contribution in [3.63, 3.8) is 0 Å². The van der Waals surface area contributed by atoms with Gasteiger partial charge in [-0.15, -0.1) is 0 Å². The van der Waals surface area contributed by atoms with Gasteiger partial charge in [0.15, 0.2) is 0 Å². The topological polar surface area (TPSA) is 20.3 Å². The van der Waals surface area contributed by atoms with Crippen molar-refractivity contribution in [1.29, 1.82) is 0 Å². The highest BCUT2D eigenvalue weighted by molar-refractivity contribution is 5.92. The van der Waals surface area contributed by atoms with Crippen molar-refractivity contribution in [2.45, 2.75) is 123 Å². The normalized spacial score (nSPS) is 11.2. The van der Waals surface area contributed by atoms with Crippen molar-refractivity contribution in [2.75, 3.05) is 13.1 Å². The van der Waals surface area contributed by atoms with E-state index in [4.69, 9.17) is 0 Å². The van der Waals surface area contributed by atoms with E-state index in [1.165, 1.54) is 113 Å². The molecule has 0 aliphatic carbocycles. The Morgan fingerprint density at radius 3 is 1.72 bits per heavy atom. The summed E-state index contributed by atoms with van der Waals surface area (Å²) in [6.07, 6.45) is 22.8. The SMILES string of the molecule is C=C(C)C(=O)N(CCCCCCCCCCCCCCCCCC)CCc1cccc2ccccc12. The number of hydrogen-bond acceptors (Lipinski definition) is 1. The molecule has 2 aromatic carbocycles. The molecule has 0 bridgehead atoms. The molecule has 0 heterocycles. The molecule has 1 amide bonds. The van der Waals surface area contributed by atoms with E-state index in [0.29, 0.717) is 5.57 Å². The Bertz CT molecular complexity index is 865. The summed E-state index contributed by atoms with van der Waals surface area (Å²) in [5, 5.41) is 2.57. The minimum Gasteiger partial charge on any atom is -0.339 e. The van der Waals surface area contributed by atoms with E-state index >= 15 is 0 Å². The second kappa shape index (κ2) is 19.1. The molecule has 0 radical (unpaired) electrons. The van der Waals surface area contributed by atoms with E-state index in [0.717, 1.165) is 25.9 Å².